The Morgan fingerprint density at radius 1 is 0.941 bits per heavy atom. The van der Waals surface area contributed by atoms with Crippen molar-refractivity contribution in [1.29, 1.82) is 0 Å². The Morgan fingerprint density at radius 3 is 2.38 bits per heavy atom. The summed E-state index contributed by atoms with van der Waals surface area (Å²) in [5.41, 5.74) is 2.46. The maximum Gasteiger partial charge on any atom is 0.243 e. The molecule has 0 saturated carbocycles. The van der Waals surface area contributed by atoms with E-state index in [0.717, 1.165) is 42.9 Å². The number of nitrogens with zero attached hydrogens (tertiary/aromatic N) is 4. The molecule has 2 aliphatic rings. The molecule has 0 spiro atoms. The quantitative estimate of drug-likeness (QED) is 0.528. The van der Waals surface area contributed by atoms with Crippen molar-refractivity contribution in [2.75, 3.05) is 31.6 Å². The monoisotopic (exact) mass is 480 g/mol. The molecule has 0 bridgehead atoms. The molecule has 0 amide bonds. The second kappa shape index (κ2) is 9.23. The predicted molar refractivity (Wildman–Crippen MR) is 129 cm³/mol. The molecule has 3 aromatic rings. The maximum atomic E-state index is 13.4. The van der Waals surface area contributed by atoms with Gasteiger partial charge < -0.3 is 14.4 Å². The summed E-state index contributed by atoms with van der Waals surface area (Å²) in [6.07, 6.45) is 2.72. The number of hydrogen-bond donors (Lipinski definition) is 0. The first-order valence-electron chi connectivity index (χ1n) is 11.5. The van der Waals surface area contributed by atoms with Crippen LogP contribution in [0.3, 0.4) is 0 Å². The summed E-state index contributed by atoms with van der Waals surface area (Å²) in [6.45, 7) is 4.24. The first-order chi connectivity index (χ1) is 16.4. The molecule has 0 N–H and O–H groups in total. The zero-order valence-corrected chi connectivity index (χ0v) is 20.2. The molecule has 1 aromatic heterocycles. The van der Waals surface area contributed by atoms with Gasteiger partial charge in [0.2, 0.25) is 21.9 Å². The Morgan fingerprint density at radius 2 is 1.68 bits per heavy atom. The first-order valence-corrected chi connectivity index (χ1v) is 12.9. The molecule has 1 saturated heterocycles. The van der Waals surface area contributed by atoms with Gasteiger partial charge in [-0.05, 0) is 61.7 Å². The van der Waals surface area contributed by atoms with Gasteiger partial charge >= 0.3 is 0 Å². The van der Waals surface area contributed by atoms with E-state index >= 15 is 0 Å². The van der Waals surface area contributed by atoms with Crippen molar-refractivity contribution in [2.24, 2.45) is 0 Å². The van der Waals surface area contributed by atoms with Crippen molar-refractivity contribution in [3.8, 4) is 17.4 Å². The normalized spacial score (nSPS) is 16.4. The lowest BCUT2D eigenvalue weighted by Crippen LogP contribution is -2.37. The summed E-state index contributed by atoms with van der Waals surface area (Å²) in [5, 5.41) is 0. The first kappa shape index (κ1) is 22.6. The molecular weight excluding hydrogens is 452 g/mol. The van der Waals surface area contributed by atoms with Crippen LogP contribution >= 0.6 is 0 Å². The van der Waals surface area contributed by atoms with Crippen LogP contribution in [0.1, 0.15) is 29.7 Å². The number of methoxy groups -OCH3 is 1. The number of aryl methyl sites for hydroxylation is 1. The van der Waals surface area contributed by atoms with Crippen molar-refractivity contribution in [1.82, 2.24) is 14.3 Å². The van der Waals surface area contributed by atoms with Crippen molar-refractivity contribution in [3.63, 3.8) is 0 Å². The summed E-state index contributed by atoms with van der Waals surface area (Å²) >= 11 is 0. The van der Waals surface area contributed by atoms with Crippen LogP contribution in [0.4, 0.5) is 5.95 Å². The van der Waals surface area contributed by atoms with Crippen LogP contribution in [0.2, 0.25) is 0 Å². The highest BCUT2D eigenvalue weighted by molar-refractivity contribution is 7.89. The molecule has 0 aliphatic carbocycles. The Bertz CT molecular complexity index is 1290. The molecule has 0 radical (unpaired) electrons. The molecule has 3 heterocycles. The standard InChI is InChI=1S/C25H28N4O4S/c1-18-6-5-7-21(16-18)34(30,31)29-15-12-23-22(17-29)24(27-25(26-23)28-13-3-4-14-28)33-20-10-8-19(32-2)9-11-20/h5-11,16H,3-4,12-15,17H2,1-2H3. The van der Waals surface area contributed by atoms with E-state index in [1.807, 2.05) is 37.3 Å². The zero-order valence-electron chi connectivity index (χ0n) is 19.4. The fourth-order valence-electron chi connectivity index (χ4n) is 4.38. The fourth-order valence-corrected chi connectivity index (χ4v) is 5.89. The van der Waals surface area contributed by atoms with Gasteiger partial charge in [0.25, 0.3) is 0 Å². The molecule has 5 rings (SSSR count). The molecule has 0 unspecified atom stereocenters. The van der Waals surface area contributed by atoms with Crippen molar-refractivity contribution in [2.45, 2.75) is 37.6 Å². The van der Waals surface area contributed by atoms with Crippen LogP contribution in [-0.2, 0) is 23.0 Å². The molecule has 34 heavy (non-hydrogen) atoms. The lowest BCUT2D eigenvalue weighted by Gasteiger charge is -2.29. The highest BCUT2D eigenvalue weighted by atomic mass is 32.2. The van der Waals surface area contributed by atoms with Crippen molar-refractivity contribution < 1.29 is 17.9 Å². The number of ether oxygens (including phenoxy) is 2. The van der Waals surface area contributed by atoms with E-state index in [4.69, 9.17) is 19.4 Å². The van der Waals surface area contributed by atoms with Gasteiger partial charge in [-0.3, -0.25) is 0 Å². The fraction of sp³-hybridized carbons (Fsp3) is 0.360. The summed E-state index contributed by atoms with van der Waals surface area (Å²) in [5.74, 6) is 2.38. The van der Waals surface area contributed by atoms with E-state index in [9.17, 15) is 8.42 Å². The minimum Gasteiger partial charge on any atom is -0.497 e. The number of rotatable bonds is 6. The topological polar surface area (TPSA) is 84.9 Å². The minimum absolute atomic E-state index is 0.164. The van der Waals surface area contributed by atoms with E-state index in [-0.39, 0.29) is 6.54 Å². The second-order valence-electron chi connectivity index (χ2n) is 8.63. The minimum atomic E-state index is -3.66. The summed E-state index contributed by atoms with van der Waals surface area (Å²) in [4.78, 5) is 12.0. The summed E-state index contributed by atoms with van der Waals surface area (Å²) < 4.78 is 39.7. The highest BCUT2D eigenvalue weighted by Gasteiger charge is 2.32. The van der Waals surface area contributed by atoms with Crippen LogP contribution in [0.15, 0.2) is 53.4 Å². The number of fused-ring (bicyclic) bond motifs is 1. The Hall–Kier alpha value is -3.17. The van der Waals surface area contributed by atoms with E-state index in [1.165, 1.54) is 4.31 Å². The third-order valence-corrected chi connectivity index (χ3v) is 8.11. The molecule has 1 fully saturated rings. The second-order valence-corrected chi connectivity index (χ2v) is 10.6. The van der Waals surface area contributed by atoms with Crippen LogP contribution < -0.4 is 14.4 Å². The van der Waals surface area contributed by atoms with Gasteiger partial charge in [-0.25, -0.2) is 13.4 Å². The largest absolute Gasteiger partial charge is 0.497 e. The van der Waals surface area contributed by atoms with Gasteiger partial charge in [0.05, 0.1) is 23.3 Å². The molecule has 0 atom stereocenters. The molecule has 9 heteroatoms. The van der Waals surface area contributed by atoms with Crippen LogP contribution in [0, 0.1) is 6.92 Å². The third-order valence-electron chi connectivity index (χ3n) is 6.27. The summed E-state index contributed by atoms with van der Waals surface area (Å²) in [6, 6.07) is 14.3. The van der Waals surface area contributed by atoms with Crippen molar-refractivity contribution in [3.05, 3.63) is 65.4 Å². The van der Waals surface area contributed by atoms with E-state index in [1.54, 1.807) is 25.3 Å². The average molecular weight is 481 g/mol. The van der Waals surface area contributed by atoms with Gasteiger partial charge in [0.15, 0.2) is 0 Å². The van der Waals surface area contributed by atoms with Gasteiger partial charge in [-0.2, -0.15) is 9.29 Å². The highest BCUT2D eigenvalue weighted by Crippen LogP contribution is 2.34. The number of benzene rings is 2. The van der Waals surface area contributed by atoms with Crippen molar-refractivity contribution >= 4 is 16.0 Å². The molecule has 8 nitrogen and oxygen atoms in total. The third kappa shape index (κ3) is 4.45. The number of sulfonamides is 1. The summed E-state index contributed by atoms with van der Waals surface area (Å²) in [7, 11) is -2.04. The number of aromatic nitrogens is 2. The van der Waals surface area contributed by atoms with Gasteiger partial charge in [-0.1, -0.05) is 12.1 Å². The number of hydrogen-bond acceptors (Lipinski definition) is 7. The smallest absolute Gasteiger partial charge is 0.243 e. The Balaban J connectivity index is 1.51. The molecule has 2 aliphatic heterocycles. The van der Waals surface area contributed by atoms with E-state index < -0.39 is 10.0 Å². The zero-order chi connectivity index (χ0) is 23.7. The van der Waals surface area contributed by atoms with Gasteiger partial charge in [-0.15, -0.1) is 0 Å². The maximum absolute atomic E-state index is 13.4. The molecule has 2 aromatic carbocycles. The lowest BCUT2D eigenvalue weighted by atomic mass is 10.1. The Kier molecular flexibility index (Phi) is 6.14. The molecule has 178 valence electrons. The number of anilines is 1. The SMILES string of the molecule is COc1ccc(Oc2nc(N3CCCC3)nc3c2CN(S(=O)(=O)c2cccc(C)c2)CC3)cc1. The van der Waals surface area contributed by atoms with Crippen LogP contribution in [0.5, 0.6) is 17.4 Å². The average Bonchev–Trinajstić information content (AvgIpc) is 3.39. The molecular formula is C25H28N4O4S. The lowest BCUT2D eigenvalue weighted by molar-refractivity contribution is 0.369. The van der Waals surface area contributed by atoms with E-state index in [2.05, 4.69) is 4.90 Å². The van der Waals surface area contributed by atoms with Gasteiger partial charge in [0, 0.05) is 32.6 Å². The predicted octanol–water partition coefficient (Wildman–Crippen LogP) is 3.93. The van der Waals surface area contributed by atoms with E-state index in [0.29, 0.717) is 41.0 Å². The van der Waals surface area contributed by atoms with Crippen LogP contribution in [0.25, 0.3) is 0 Å². The van der Waals surface area contributed by atoms with Gasteiger partial charge in [0.1, 0.15) is 11.5 Å². The van der Waals surface area contributed by atoms with Crippen LogP contribution in [-0.4, -0.2) is 49.4 Å². The Labute approximate surface area is 200 Å².